The predicted octanol–water partition coefficient (Wildman–Crippen LogP) is 3.14. The molecule has 10 nitrogen and oxygen atoms in total. The number of aromatic nitrogens is 4. The molecule has 11 heteroatoms. The highest BCUT2D eigenvalue weighted by Crippen LogP contribution is 2.36. The number of carbonyl (C=O) groups is 1. The van der Waals surface area contributed by atoms with Gasteiger partial charge in [0.2, 0.25) is 5.91 Å². The van der Waals surface area contributed by atoms with E-state index in [1.165, 1.54) is 4.88 Å². The fourth-order valence-electron chi connectivity index (χ4n) is 5.43. The van der Waals surface area contributed by atoms with Crippen LogP contribution in [-0.2, 0) is 20.8 Å². The van der Waals surface area contributed by atoms with Crippen LogP contribution in [0.25, 0.3) is 32.5 Å². The maximum atomic E-state index is 12.2. The van der Waals surface area contributed by atoms with E-state index in [9.17, 15) is 4.79 Å². The van der Waals surface area contributed by atoms with Gasteiger partial charge in [-0.1, -0.05) is 12.1 Å². The molecule has 200 valence electrons. The molecule has 0 saturated carbocycles. The number of aromatic amines is 1. The Morgan fingerprint density at radius 3 is 2.82 bits per heavy atom. The Balaban J connectivity index is 1.27. The Morgan fingerprint density at radius 1 is 1.21 bits per heavy atom. The van der Waals surface area contributed by atoms with Gasteiger partial charge in [0.15, 0.2) is 11.6 Å². The number of hydrogen-bond donors (Lipinski definition) is 1. The Kier molecular flexibility index (Phi) is 7.24. The van der Waals surface area contributed by atoms with E-state index in [-0.39, 0.29) is 18.6 Å². The van der Waals surface area contributed by atoms with Crippen LogP contribution < -0.4 is 4.90 Å². The van der Waals surface area contributed by atoms with Crippen LogP contribution >= 0.6 is 11.3 Å². The minimum absolute atomic E-state index is 0.0478. The highest BCUT2D eigenvalue weighted by atomic mass is 32.1. The van der Waals surface area contributed by atoms with Gasteiger partial charge in [0, 0.05) is 68.7 Å². The number of anilines is 1. The average molecular weight is 536 g/mol. The lowest BCUT2D eigenvalue weighted by atomic mass is 10.0. The molecule has 1 N–H and O–H groups in total. The molecule has 0 bridgehead atoms. The van der Waals surface area contributed by atoms with Crippen molar-refractivity contribution in [1.82, 2.24) is 30.0 Å². The first-order chi connectivity index (χ1) is 18.6. The van der Waals surface area contributed by atoms with Gasteiger partial charge in [-0.25, -0.2) is 9.97 Å². The number of piperidine rings is 1. The lowest BCUT2D eigenvalue weighted by molar-refractivity contribution is -0.136. The molecule has 3 aromatic heterocycles. The van der Waals surface area contributed by atoms with E-state index in [1.807, 2.05) is 30.3 Å². The van der Waals surface area contributed by atoms with E-state index in [0.29, 0.717) is 13.2 Å². The summed E-state index contributed by atoms with van der Waals surface area (Å²) in [4.78, 5) is 30.3. The summed E-state index contributed by atoms with van der Waals surface area (Å²) in [5.41, 5.74) is 2.94. The zero-order valence-corrected chi connectivity index (χ0v) is 22.7. The smallest absolute Gasteiger partial charge is 0.248 e. The molecule has 2 saturated heterocycles. The van der Waals surface area contributed by atoms with Crippen molar-refractivity contribution < 1.29 is 14.3 Å². The number of nitrogens with one attached hydrogen (secondary N) is 1. The number of H-pyrrole nitrogens is 1. The monoisotopic (exact) mass is 535 g/mol. The summed E-state index contributed by atoms with van der Waals surface area (Å²) in [6, 6.07) is 8.59. The molecule has 0 aliphatic carbocycles. The maximum Gasteiger partial charge on any atom is 0.248 e. The molecule has 0 unspecified atom stereocenters. The van der Waals surface area contributed by atoms with Crippen molar-refractivity contribution in [1.29, 1.82) is 0 Å². The summed E-state index contributed by atoms with van der Waals surface area (Å²) in [5.74, 6) is 1.76. The third kappa shape index (κ3) is 4.98. The Labute approximate surface area is 225 Å². The molecule has 1 aromatic carbocycles. The molecular weight excluding hydrogens is 502 g/mol. The number of amides is 1. The topological polar surface area (TPSA) is 99.7 Å². The zero-order valence-electron chi connectivity index (χ0n) is 21.9. The molecule has 38 heavy (non-hydrogen) atoms. The van der Waals surface area contributed by atoms with Gasteiger partial charge in [0.05, 0.1) is 35.1 Å². The fraction of sp³-hybridized carbons (Fsp3) is 0.481. The van der Waals surface area contributed by atoms with Crippen LogP contribution in [-0.4, -0.2) is 102 Å². The second-order valence-electron chi connectivity index (χ2n) is 9.98. The first-order valence-corrected chi connectivity index (χ1v) is 13.9. The maximum absolute atomic E-state index is 12.2. The normalized spacial score (nSPS) is 17.5. The summed E-state index contributed by atoms with van der Waals surface area (Å²) < 4.78 is 11.8. The number of nitrogens with zero attached hydrogens (tertiary/aromatic N) is 6. The van der Waals surface area contributed by atoms with Crippen LogP contribution in [0, 0.1) is 0 Å². The predicted molar refractivity (Wildman–Crippen MR) is 148 cm³/mol. The number of likely N-dealkylation sites (tertiary alicyclic amines) is 1. The second-order valence-corrected chi connectivity index (χ2v) is 11.1. The summed E-state index contributed by atoms with van der Waals surface area (Å²) in [6.07, 6.45) is 3.78. The highest BCUT2D eigenvalue weighted by molar-refractivity contribution is 7.19. The summed E-state index contributed by atoms with van der Waals surface area (Å²) in [5, 5.41) is 8.30. The van der Waals surface area contributed by atoms with Gasteiger partial charge in [-0.3, -0.25) is 14.8 Å². The molecule has 0 atom stereocenters. The average Bonchev–Trinajstić information content (AvgIpc) is 3.60. The van der Waals surface area contributed by atoms with Crippen molar-refractivity contribution in [3.8, 4) is 11.4 Å². The van der Waals surface area contributed by atoms with Gasteiger partial charge in [-0.05, 0) is 25.0 Å². The van der Waals surface area contributed by atoms with Gasteiger partial charge in [0.25, 0.3) is 0 Å². The third-order valence-corrected chi connectivity index (χ3v) is 8.69. The van der Waals surface area contributed by atoms with Crippen LogP contribution in [0.2, 0.25) is 0 Å². The quantitative estimate of drug-likeness (QED) is 0.385. The number of carbonyl (C=O) groups excluding carboxylic acids is 1. The van der Waals surface area contributed by atoms with E-state index in [1.54, 1.807) is 18.4 Å². The first-order valence-electron chi connectivity index (χ1n) is 13.1. The zero-order chi connectivity index (χ0) is 26.1. The number of thiophene rings is 1. The number of ether oxygens (including phenoxy) is 2. The number of rotatable bonds is 7. The Hall–Kier alpha value is -3.12. The van der Waals surface area contributed by atoms with E-state index in [4.69, 9.17) is 19.4 Å². The number of hydrogen-bond acceptors (Lipinski definition) is 9. The molecule has 4 aromatic rings. The number of methoxy groups -OCH3 is 1. The number of likely N-dealkylation sites (N-methyl/N-ethyl adjacent to an activating group) is 1. The van der Waals surface area contributed by atoms with Crippen LogP contribution in [0.3, 0.4) is 0 Å². The van der Waals surface area contributed by atoms with E-state index >= 15 is 0 Å². The molecule has 0 radical (unpaired) electrons. The summed E-state index contributed by atoms with van der Waals surface area (Å²) in [6.45, 7) is 5.97. The largest absolute Gasteiger partial charge is 0.378 e. The van der Waals surface area contributed by atoms with Crippen molar-refractivity contribution in [3.63, 3.8) is 0 Å². The van der Waals surface area contributed by atoms with Crippen LogP contribution in [0.5, 0.6) is 0 Å². The van der Waals surface area contributed by atoms with Crippen molar-refractivity contribution in [2.24, 2.45) is 0 Å². The number of fused-ring (bicyclic) bond motifs is 2. The van der Waals surface area contributed by atoms with Crippen molar-refractivity contribution >= 4 is 44.2 Å². The Bertz CT molecular complexity index is 1420. The number of morpholine rings is 1. The molecule has 6 rings (SSSR count). The van der Waals surface area contributed by atoms with Crippen LogP contribution in [0.15, 0.2) is 30.5 Å². The molecule has 2 fully saturated rings. The lowest BCUT2D eigenvalue weighted by Gasteiger charge is -2.36. The van der Waals surface area contributed by atoms with Gasteiger partial charge in [0.1, 0.15) is 6.61 Å². The molecular formula is C27H33N7O3S. The third-order valence-electron chi connectivity index (χ3n) is 7.59. The molecule has 2 aliphatic rings. The van der Waals surface area contributed by atoms with Crippen molar-refractivity contribution in [2.75, 3.05) is 65.1 Å². The van der Waals surface area contributed by atoms with Gasteiger partial charge in [-0.2, -0.15) is 5.10 Å². The second kappa shape index (κ2) is 10.9. The summed E-state index contributed by atoms with van der Waals surface area (Å²) in [7, 11) is 3.45. The van der Waals surface area contributed by atoms with E-state index < -0.39 is 0 Å². The molecule has 2 aliphatic heterocycles. The summed E-state index contributed by atoms with van der Waals surface area (Å²) >= 11 is 1.79. The molecule has 1 amide bonds. The lowest BCUT2D eigenvalue weighted by Crippen LogP contribution is -2.46. The van der Waals surface area contributed by atoms with E-state index in [0.717, 1.165) is 83.9 Å². The van der Waals surface area contributed by atoms with E-state index in [2.05, 4.69) is 32.1 Å². The minimum atomic E-state index is 0.0478. The van der Waals surface area contributed by atoms with Crippen molar-refractivity contribution in [3.05, 3.63) is 35.3 Å². The van der Waals surface area contributed by atoms with Gasteiger partial charge < -0.3 is 19.3 Å². The molecule has 0 spiro atoms. The fourth-order valence-corrected chi connectivity index (χ4v) is 6.58. The first kappa shape index (κ1) is 25.2. The van der Waals surface area contributed by atoms with Crippen molar-refractivity contribution in [2.45, 2.75) is 25.4 Å². The highest BCUT2D eigenvalue weighted by Gasteiger charge is 2.26. The standard InChI is InChI=1S/C27H33N7O3S/c1-32(24(35)17-36-2)18-6-8-33(9-7-18)16-19-14-23-25(38-19)27(34-10-12-37-13-11-34)30-26(29-23)20-4-3-5-22-21(20)15-28-31-22/h3-5,14-15,18H,6-13,16-17H2,1-2H3,(H,28,31). The van der Waals surface area contributed by atoms with Crippen LogP contribution in [0.4, 0.5) is 5.82 Å². The SMILES string of the molecule is COCC(=O)N(C)C1CCN(Cc2cc3nc(-c4cccc5[nH]ncc45)nc(N4CCOCC4)c3s2)CC1. The van der Waals surface area contributed by atoms with Crippen LogP contribution in [0.1, 0.15) is 17.7 Å². The van der Waals surface area contributed by atoms with Gasteiger partial charge in [-0.15, -0.1) is 11.3 Å². The number of benzene rings is 1. The molecule has 5 heterocycles. The minimum Gasteiger partial charge on any atom is -0.378 e. The van der Waals surface area contributed by atoms with Gasteiger partial charge >= 0.3 is 0 Å². The Morgan fingerprint density at radius 2 is 2.03 bits per heavy atom.